The third-order valence-corrected chi connectivity index (χ3v) is 3.10. The van der Waals surface area contributed by atoms with Crippen molar-refractivity contribution >= 4 is 5.97 Å². The largest absolute Gasteiger partial charge is 0.471 e. The zero-order valence-corrected chi connectivity index (χ0v) is 12.8. The molecule has 0 radical (unpaired) electrons. The molecule has 0 saturated heterocycles. The van der Waals surface area contributed by atoms with Gasteiger partial charge in [0.2, 0.25) is 5.82 Å². The first-order valence-electron chi connectivity index (χ1n) is 7.02. The molecule has 10 heteroatoms. The zero-order chi connectivity index (χ0) is 18.0. The van der Waals surface area contributed by atoms with Gasteiger partial charge in [0.25, 0.3) is 0 Å². The Bertz CT molecular complexity index is 884. The number of rotatable bonds is 4. The molecule has 25 heavy (non-hydrogen) atoms. The third-order valence-electron chi connectivity index (χ3n) is 3.10. The lowest BCUT2D eigenvalue weighted by molar-refractivity contribution is -0.159. The predicted octanol–water partition coefficient (Wildman–Crippen LogP) is 2.93. The number of benzene rings is 1. The van der Waals surface area contributed by atoms with Gasteiger partial charge in [-0.1, -0.05) is 29.4 Å². The lowest BCUT2D eigenvalue weighted by Crippen LogP contribution is -2.04. The number of nitrogens with zero attached hydrogens (tertiary/aromatic N) is 4. The summed E-state index contributed by atoms with van der Waals surface area (Å²) in [7, 11) is 0. The second-order valence-electron chi connectivity index (χ2n) is 5.09. The lowest BCUT2D eigenvalue weighted by atomic mass is 10.1. The van der Waals surface area contributed by atoms with Gasteiger partial charge < -0.3 is 9.26 Å². The lowest BCUT2D eigenvalue weighted by Gasteiger charge is -2.02. The fourth-order valence-corrected chi connectivity index (χ4v) is 2.05. The van der Waals surface area contributed by atoms with Crippen molar-refractivity contribution in [2.24, 2.45) is 0 Å². The van der Waals surface area contributed by atoms with E-state index in [1.165, 1.54) is 13.1 Å². The summed E-state index contributed by atoms with van der Waals surface area (Å²) in [4.78, 5) is 14.2. The van der Waals surface area contributed by atoms with Crippen molar-refractivity contribution in [3.05, 3.63) is 48.1 Å². The highest BCUT2D eigenvalue weighted by Gasteiger charge is 2.38. The maximum atomic E-state index is 12.5. The summed E-state index contributed by atoms with van der Waals surface area (Å²) >= 11 is 0. The van der Waals surface area contributed by atoms with Crippen LogP contribution in [0.2, 0.25) is 0 Å². The Morgan fingerprint density at radius 1 is 1.28 bits per heavy atom. The molecule has 0 aliphatic heterocycles. The summed E-state index contributed by atoms with van der Waals surface area (Å²) in [6.45, 7) is 1.68. The van der Waals surface area contributed by atoms with E-state index >= 15 is 0 Å². The highest BCUT2D eigenvalue weighted by atomic mass is 19.4. The quantitative estimate of drug-likeness (QED) is 0.672. The predicted molar refractivity (Wildman–Crippen MR) is 77.4 cm³/mol. The Balaban J connectivity index is 1.71. The van der Waals surface area contributed by atoms with Gasteiger partial charge in [-0.15, -0.1) is 0 Å². The van der Waals surface area contributed by atoms with E-state index in [0.29, 0.717) is 17.9 Å². The van der Waals surface area contributed by atoms with Gasteiger partial charge in [-0.25, -0.2) is 0 Å². The van der Waals surface area contributed by atoms with E-state index in [4.69, 9.17) is 4.74 Å². The highest BCUT2D eigenvalue weighted by molar-refractivity contribution is 5.68. The number of esters is 1. The van der Waals surface area contributed by atoms with Gasteiger partial charge in [0.05, 0.1) is 18.9 Å². The van der Waals surface area contributed by atoms with Gasteiger partial charge in [-0.2, -0.15) is 23.3 Å². The SMILES string of the molecule is CC(=O)Oc1cnn(Cc2ccc(-c3noc(C(F)(F)F)n3)cc2)c1. The molecule has 130 valence electrons. The molecule has 0 fully saturated rings. The van der Waals surface area contributed by atoms with Crippen LogP contribution in [0.5, 0.6) is 5.75 Å². The van der Waals surface area contributed by atoms with Crippen LogP contribution in [0.3, 0.4) is 0 Å². The number of hydrogen-bond acceptors (Lipinski definition) is 6. The average molecular weight is 352 g/mol. The molecule has 2 heterocycles. The summed E-state index contributed by atoms with van der Waals surface area (Å²) < 4.78 is 48.1. The summed E-state index contributed by atoms with van der Waals surface area (Å²) in [5, 5.41) is 7.38. The van der Waals surface area contributed by atoms with E-state index < -0.39 is 18.0 Å². The Hall–Kier alpha value is -3.17. The first-order valence-corrected chi connectivity index (χ1v) is 7.02. The van der Waals surface area contributed by atoms with Gasteiger partial charge in [0.15, 0.2) is 5.75 Å². The van der Waals surface area contributed by atoms with Gasteiger partial charge in [-0.3, -0.25) is 9.48 Å². The first-order chi connectivity index (χ1) is 11.8. The standard InChI is InChI=1S/C15H11F3N4O3/c1-9(23)24-12-6-19-22(8-12)7-10-2-4-11(5-3-10)13-20-14(25-21-13)15(16,17)18/h2-6,8H,7H2,1H3. The molecule has 0 saturated carbocycles. The van der Waals surface area contributed by atoms with E-state index in [-0.39, 0.29) is 5.82 Å². The Kier molecular flexibility index (Phi) is 4.26. The molecule has 1 aromatic carbocycles. The molecular formula is C15H11F3N4O3. The van der Waals surface area contributed by atoms with Gasteiger partial charge >= 0.3 is 18.0 Å². The highest BCUT2D eigenvalue weighted by Crippen LogP contribution is 2.29. The van der Waals surface area contributed by atoms with Crippen LogP contribution in [-0.4, -0.2) is 25.9 Å². The van der Waals surface area contributed by atoms with Crippen LogP contribution in [0.25, 0.3) is 11.4 Å². The summed E-state index contributed by atoms with van der Waals surface area (Å²) in [6, 6.07) is 6.56. The molecular weight excluding hydrogens is 341 g/mol. The average Bonchev–Trinajstić information content (AvgIpc) is 3.17. The minimum atomic E-state index is -4.68. The van der Waals surface area contributed by atoms with Crippen LogP contribution in [0, 0.1) is 0 Å². The number of carbonyl (C=O) groups excluding carboxylic acids is 1. The van der Waals surface area contributed by atoms with Crippen LogP contribution in [0.15, 0.2) is 41.2 Å². The Morgan fingerprint density at radius 3 is 2.60 bits per heavy atom. The monoisotopic (exact) mass is 352 g/mol. The van der Waals surface area contributed by atoms with E-state index in [0.717, 1.165) is 5.56 Å². The zero-order valence-electron chi connectivity index (χ0n) is 12.8. The second-order valence-corrected chi connectivity index (χ2v) is 5.09. The molecule has 7 nitrogen and oxygen atoms in total. The second kappa shape index (κ2) is 6.38. The maximum Gasteiger partial charge on any atom is 0.471 e. The Morgan fingerprint density at radius 2 is 2.00 bits per heavy atom. The maximum absolute atomic E-state index is 12.5. The molecule has 2 aromatic heterocycles. The number of halogens is 3. The van der Waals surface area contributed by atoms with Crippen molar-refractivity contribution in [1.29, 1.82) is 0 Å². The van der Waals surface area contributed by atoms with Crippen LogP contribution in [-0.2, 0) is 17.5 Å². The summed E-state index contributed by atoms with van der Waals surface area (Å²) in [5.74, 6) is -1.64. The molecule has 0 aliphatic carbocycles. The van der Waals surface area contributed by atoms with Gasteiger partial charge in [-0.05, 0) is 5.56 Å². The topological polar surface area (TPSA) is 83.0 Å². The minimum Gasteiger partial charge on any atom is -0.423 e. The number of alkyl halides is 3. The van der Waals surface area contributed by atoms with Crippen molar-refractivity contribution in [2.45, 2.75) is 19.6 Å². The molecule has 0 unspecified atom stereocenters. The fraction of sp³-hybridized carbons (Fsp3) is 0.200. The first kappa shape index (κ1) is 16.7. The van der Waals surface area contributed by atoms with Crippen molar-refractivity contribution in [3.63, 3.8) is 0 Å². The molecule has 0 amide bonds. The Labute approximate surface area is 139 Å². The van der Waals surface area contributed by atoms with E-state index in [1.54, 1.807) is 35.1 Å². The molecule has 0 atom stereocenters. The van der Waals surface area contributed by atoms with Crippen molar-refractivity contribution in [3.8, 4) is 17.1 Å². The number of carbonyl (C=O) groups is 1. The fourth-order valence-electron chi connectivity index (χ4n) is 2.05. The van der Waals surface area contributed by atoms with E-state index in [1.807, 2.05) is 0 Å². The number of aromatic nitrogens is 4. The molecule has 0 N–H and O–H groups in total. The third kappa shape index (κ3) is 4.03. The number of hydrogen-bond donors (Lipinski definition) is 0. The van der Waals surface area contributed by atoms with Crippen LogP contribution in [0.4, 0.5) is 13.2 Å². The molecule has 3 aromatic rings. The van der Waals surface area contributed by atoms with Crippen LogP contribution < -0.4 is 4.74 Å². The van der Waals surface area contributed by atoms with E-state index in [2.05, 4.69) is 19.8 Å². The minimum absolute atomic E-state index is 0.143. The normalized spacial score (nSPS) is 11.5. The van der Waals surface area contributed by atoms with Crippen LogP contribution in [0.1, 0.15) is 18.4 Å². The molecule has 0 aliphatic rings. The summed E-state index contributed by atoms with van der Waals surface area (Å²) in [5.41, 5.74) is 1.23. The molecule has 0 spiro atoms. The van der Waals surface area contributed by atoms with E-state index in [9.17, 15) is 18.0 Å². The van der Waals surface area contributed by atoms with Gasteiger partial charge in [0.1, 0.15) is 0 Å². The van der Waals surface area contributed by atoms with Crippen molar-refractivity contribution in [2.75, 3.05) is 0 Å². The van der Waals surface area contributed by atoms with Crippen molar-refractivity contribution < 1.29 is 27.2 Å². The van der Waals surface area contributed by atoms with Gasteiger partial charge in [0, 0.05) is 12.5 Å². The molecule has 3 rings (SSSR count). The number of ether oxygens (including phenoxy) is 1. The smallest absolute Gasteiger partial charge is 0.423 e. The van der Waals surface area contributed by atoms with Crippen molar-refractivity contribution in [1.82, 2.24) is 19.9 Å². The molecule has 0 bridgehead atoms. The summed E-state index contributed by atoms with van der Waals surface area (Å²) in [6.07, 6.45) is -1.71. The van der Waals surface area contributed by atoms with Crippen LogP contribution >= 0.6 is 0 Å².